The highest BCUT2D eigenvalue weighted by molar-refractivity contribution is 9.10. The van der Waals surface area contributed by atoms with Gasteiger partial charge in [-0.1, -0.05) is 0 Å². The molecule has 0 aliphatic carbocycles. The van der Waals surface area contributed by atoms with E-state index >= 15 is 0 Å². The van der Waals surface area contributed by atoms with Crippen LogP contribution in [0.25, 0.3) is 11.0 Å². The van der Waals surface area contributed by atoms with Gasteiger partial charge in [-0.05, 0) is 84.6 Å². The molecule has 0 radical (unpaired) electrons. The van der Waals surface area contributed by atoms with E-state index in [1.165, 1.54) is 5.69 Å². The molecule has 4 aromatic rings. The number of carbonyl (C=O) groups is 1. The van der Waals surface area contributed by atoms with Crippen LogP contribution in [0.3, 0.4) is 0 Å². The smallest absolute Gasteiger partial charge is 0.229 e. The molecule has 0 bridgehead atoms. The SMILES string of the molecule is COc1cc(N2CCC(N3CC4CN(C(C)=O)C[C@@H]4C3)CC2)c(C)cc1Nc1ncc(Br)c(Nc2ccc3nccnc3c2P(C)(C)=O)n1. The summed E-state index contributed by atoms with van der Waals surface area (Å²) in [5, 5.41) is 7.35. The van der Waals surface area contributed by atoms with Crippen LogP contribution in [0, 0.1) is 18.8 Å². The second-order valence-corrected chi connectivity index (χ2v) is 17.8. The van der Waals surface area contributed by atoms with Gasteiger partial charge >= 0.3 is 0 Å². The first-order valence-corrected chi connectivity index (χ1v) is 20.2. The Morgan fingerprint density at radius 2 is 1.69 bits per heavy atom. The summed E-state index contributed by atoms with van der Waals surface area (Å²) in [5.74, 6) is 3.06. The number of nitrogens with zero attached hydrogens (tertiary/aromatic N) is 7. The highest BCUT2D eigenvalue weighted by Crippen LogP contribution is 2.42. The van der Waals surface area contributed by atoms with Gasteiger partial charge in [-0.25, -0.2) is 4.98 Å². The minimum atomic E-state index is -2.75. The van der Waals surface area contributed by atoms with E-state index in [0.717, 1.165) is 63.4 Å². The minimum absolute atomic E-state index is 0.209. The first-order valence-electron chi connectivity index (χ1n) is 16.8. The fourth-order valence-electron chi connectivity index (χ4n) is 7.77. The van der Waals surface area contributed by atoms with Crippen molar-refractivity contribution in [2.75, 3.05) is 75.2 Å². The molecule has 0 saturated carbocycles. The first kappa shape index (κ1) is 33.7. The predicted octanol–water partition coefficient (Wildman–Crippen LogP) is 5.61. The fourth-order valence-corrected chi connectivity index (χ4v) is 9.46. The molecule has 1 unspecified atom stereocenters. The molecule has 3 saturated heterocycles. The average Bonchev–Trinajstić information content (AvgIpc) is 3.66. The number of aryl methyl sites for hydroxylation is 1. The first-order chi connectivity index (χ1) is 23.5. The number of rotatable bonds is 8. The molecule has 49 heavy (non-hydrogen) atoms. The Morgan fingerprint density at radius 3 is 2.37 bits per heavy atom. The van der Waals surface area contributed by atoms with E-state index in [1.807, 2.05) is 17.0 Å². The lowest BCUT2D eigenvalue weighted by Gasteiger charge is -2.39. The lowest BCUT2D eigenvalue weighted by molar-refractivity contribution is -0.128. The van der Waals surface area contributed by atoms with Gasteiger partial charge in [-0.3, -0.25) is 19.7 Å². The predicted molar refractivity (Wildman–Crippen MR) is 199 cm³/mol. The molecular formula is C35H43BrN9O3P. The van der Waals surface area contributed by atoms with Crippen LogP contribution in [-0.4, -0.2) is 101 Å². The zero-order valence-corrected chi connectivity index (χ0v) is 31.1. The van der Waals surface area contributed by atoms with Crippen LogP contribution in [0.4, 0.5) is 28.8 Å². The van der Waals surface area contributed by atoms with Crippen molar-refractivity contribution < 1.29 is 14.1 Å². The van der Waals surface area contributed by atoms with E-state index in [9.17, 15) is 9.36 Å². The highest BCUT2D eigenvalue weighted by atomic mass is 79.9. The number of amides is 1. The summed E-state index contributed by atoms with van der Waals surface area (Å²) >= 11 is 3.58. The van der Waals surface area contributed by atoms with Gasteiger partial charge < -0.3 is 29.7 Å². The molecule has 1 amide bonds. The number of halogens is 1. The Labute approximate surface area is 295 Å². The van der Waals surface area contributed by atoms with Gasteiger partial charge in [0.2, 0.25) is 11.9 Å². The minimum Gasteiger partial charge on any atom is -0.494 e. The second-order valence-electron chi connectivity index (χ2n) is 13.8. The number of methoxy groups -OCH3 is 1. The lowest BCUT2D eigenvalue weighted by atomic mass is 10.0. The van der Waals surface area contributed by atoms with Crippen LogP contribution in [0.5, 0.6) is 5.75 Å². The molecule has 2 atom stereocenters. The second kappa shape index (κ2) is 13.5. The number of anilines is 5. The molecule has 2 aromatic heterocycles. The standard InChI is InChI=1S/C35H43BrN9O3P/c1-21-14-29(31(48-3)15-30(21)43-12-8-25(9-13-43)45-19-23-17-44(22(2)46)18-24(23)20-45)41-35-39-16-26(36)34(42-35)40-28-7-6-27-32(38-11-10-37-27)33(28)49(4,5)47/h6-7,10-11,14-16,23-25H,8-9,12-13,17-20H2,1-5H3,(H2,39,40,41,42)/t23-,24?/m1/s1. The van der Waals surface area contributed by atoms with E-state index in [0.29, 0.717) is 61.9 Å². The Bertz CT molecular complexity index is 1930. The van der Waals surface area contributed by atoms with E-state index in [4.69, 9.17) is 9.72 Å². The molecule has 0 spiro atoms. The molecular weight excluding hydrogens is 705 g/mol. The molecule has 2 aromatic carbocycles. The lowest BCUT2D eigenvalue weighted by Crippen LogP contribution is -2.45. The van der Waals surface area contributed by atoms with Crippen molar-refractivity contribution in [3.63, 3.8) is 0 Å². The van der Waals surface area contributed by atoms with Gasteiger partial charge in [0.15, 0.2) is 0 Å². The van der Waals surface area contributed by atoms with E-state index in [-0.39, 0.29) is 5.91 Å². The Kier molecular flexibility index (Phi) is 9.27. The van der Waals surface area contributed by atoms with Crippen LogP contribution in [0.15, 0.2) is 47.3 Å². The van der Waals surface area contributed by atoms with Gasteiger partial charge in [0.25, 0.3) is 0 Å². The number of fused-ring (bicyclic) bond motifs is 2. The van der Waals surface area contributed by atoms with Crippen LogP contribution in [0.2, 0.25) is 0 Å². The Balaban J connectivity index is 1.05. The Morgan fingerprint density at radius 1 is 0.980 bits per heavy atom. The molecule has 7 rings (SSSR count). The van der Waals surface area contributed by atoms with E-state index in [1.54, 1.807) is 46.0 Å². The number of nitrogens with one attached hydrogen (secondary N) is 2. The number of aromatic nitrogens is 4. The van der Waals surface area contributed by atoms with Gasteiger partial charge in [0, 0.05) is 82.6 Å². The van der Waals surface area contributed by atoms with Gasteiger partial charge in [0.1, 0.15) is 24.2 Å². The summed E-state index contributed by atoms with van der Waals surface area (Å²) in [7, 11) is -1.07. The largest absolute Gasteiger partial charge is 0.494 e. The number of hydrogen-bond acceptors (Lipinski definition) is 11. The summed E-state index contributed by atoms with van der Waals surface area (Å²) in [4.78, 5) is 37.2. The molecule has 14 heteroatoms. The highest BCUT2D eigenvalue weighted by Gasteiger charge is 2.43. The van der Waals surface area contributed by atoms with Crippen molar-refractivity contribution in [1.29, 1.82) is 0 Å². The zero-order chi connectivity index (χ0) is 34.4. The van der Waals surface area contributed by atoms with E-state index in [2.05, 4.69) is 70.4 Å². The number of ether oxygens (including phenoxy) is 1. The van der Waals surface area contributed by atoms with Gasteiger partial charge in [-0.2, -0.15) is 4.98 Å². The maximum Gasteiger partial charge on any atom is 0.229 e. The van der Waals surface area contributed by atoms with E-state index < -0.39 is 7.14 Å². The quantitative estimate of drug-likeness (QED) is 0.218. The number of benzene rings is 2. The number of carbonyl (C=O) groups excluding carboxylic acids is 1. The third-order valence-electron chi connectivity index (χ3n) is 10.2. The number of piperidine rings is 1. The summed E-state index contributed by atoms with van der Waals surface area (Å²) in [6.07, 6.45) is 7.17. The summed E-state index contributed by atoms with van der Waals surface area (Å²) in [5.41, 5.74) is 5.02. The molecule has 3 fully saturated rings. The third-order valence-corrected chi connectivity index (χ3v) is 12.3. The molecule has 3 aliphatic rings. The van der Waals surface area contributed by atoms with Gasteiger partial charge in [0.05, 0.1) is 33.8 Å². The van der Waals surface area contributed by atoms with Crippen LogP contribution < -0.4 is 25.6 Å². The van der Waals surface area contributed by atoms with Gasteiger partial charge in [-0.15, -0.1) is 0 Å². The average molecular weight is 749 g/mol. The topological polar surface area (TPSA) is 129 Å². The van der Waals surface area contributed by atoms with Crippen molar-refractivity contribution in [2.24, 2.45) is 11.8 Å². The maximum absolute atomic E-state index is 13.4. The zero-order valence-electron chi connectivity index (χ0n) is 28.6. The molecule has 2 N–H and O–H groups in total. The molecule has 12 nitrogen and oxygen atoms in total. The monoisotopic (exact) mass is 747 g/mol. The molecule has 3 aliphatic heterocycles. The van der Waals surface area contributed by atoms with Crippen LogP contribution in [-0.2, 0) is 9.36 Å². The third kappa shape index (κ3) is 6.85. The normalized spacial score (nSPS) is 20.1. The van der Waals surface area contributed by atoms with Crippen LogP contribution >= 0.6 is 23.1 Å². The number of hydrogen-bond donors (Lipinski definition) is 2. The van der Waals surface area contributed by atoms with Crippen molar-refractivity contribution in [2.45, 2.75) is 32.7 Å². The van der Waals surface area contributed by atoms with Crippen molar-refractivity contribution in [1.82, 2.24) is 29.7 Å². The summed E-state index contributed by atoms with van der Waals surface area (Å²) < 4.78 is 19.9. The number of likely N-dealkylation sites (tertiary alicyclic amines) is 2. The van der Waals surface area contributed by atoms with Crippen molar-refractivity contribution in [3.05, 3.63) is 52.9 Å². The Hall–Kier alpha value is -3.80. The van der Waals surface area contributed by atoms with Crippen molar-refractivity contribution in [3.8, 4) is 5.75 Å². The molecule has 5 heterocycles. The summed E-state index contributed by atoms with van der Waals surface area (Å²) in [6, 6.07) is 8.51. The van der Waals surface area contributed by atoms with Crippen molar-refractivity contribution >= 4 is 74.1 Å². The maximum atomic E-state index is 13.4. The fraction of sp³-hybridized carbons (Fsp3) is 0.457. The van der Waals surface area contributed by atoms with Crippen LogP contribution in [0.1, 0.15) is 25.3 Å². The summed E-state index contributed by atoms with van der Waals surface area (Å²) in [6.45, 7) is 13.3. The molecule has 258 valence electrons.